The van der Waals surface area contributed by atoms with Crippen molar-refractivity contribution in [1.29, 1.82) is 0 Å². The van der Waals surface area contributed by atoms with E-state index < -0.39 is 0 Å². The quantitative estimate of drug-likeness (QED) is 0.576. The number of hydrogen-bond acceptors (Lipinski definition) is 5. The van der Waals surface area contributed by atoms with Gasteiger partial charge in [-0.15, -0.1) is 0 Å². The predicted octanol–water partition coefficient (Wildman–Crippen LogP) is 4.85. The Morgan fingerprint density at radius 3 is 2.53 bits per heavy atom. The van der Waals surface area contributed by atoms with E-state index in [-0.39, 0.29) is 11.9 Å². The predicted molar refractivity (Wildman–Crippen MR) is 118 cm³/mol. The van der Waals surface area contributed by atoms with Gasteiger partial charge in [-0.2, -0.15) is 0 Å². The SMILES string of the molecule is CCOc1cc(OCC)c2c(c1)C(=O)c1cccc(OC(CC)C3CCCNC3)c1-2. The third-order valence-corrected chi connectivity index (χ3v) is 5.99. The topological polar surface area (TPSA) is 56.8 Å². The first-order valence-electron chi connectivity index (χ1n) is 11.2. The van der Waals surface area contributed by atoms with E-state index in [2.05, 4.69) is 12.2 Å². The fourth-order valence-electron chi connectivity index (χ4n) is 4.64. The number of rotatable bonds is 8. The Balaban J connectivity index is 1.77. The monoisotopic (exact) mass is 409 g/mol. The first-order valence-corrected chi connectivity index (χ1v) is 11.2. The maximum absolute atomic E-state index is 13.2. The summed E-state index contributed by atoms with van der Waals surface area (Å²) >= 11 is 0. The van der Waals surface area contributed by atoms with E-state index >= 15 is 0 Å². The highest BCUT2D eigenvalue weighted by atomic mass is 16.5. The molecular formula is C25H31NO4. The van der Waals surface area contributed by atoms with Gasteiger partial charge < -0.3 is 19.5 Å². The molecule has 30 heavy (non-hydrogen) atoms. The molecule has 5 heteroatoms. The molecule has 0 aromatic heterocycles. The van der Waals surface area contributed by atoms with Crippen molar-refractivity contribution in [3.63, 3.8) is 0 Å². The molecule has 4 rings (SSSR count). The second kappa shape index (κ2) is 9.09. The van der Waals surface area contributed by atoms with Crippen molar-refractivity contribution in [2.75, 3.05) is 26.3 Å². The van der Waals surface area contributed by atoms with Crippen LogP contribution in [0, 0.1) is 5.92 Å². The molecule has 0 amide bonds. The molecule has 160 valence electrons. The molecule has 0 bridgehead atoms. The van der Waals surface area contributed by atoms with Crippen LogP contribution in [0.4, 0.5) is 0 Å². The molecule has 0 radical (unpaired) electrons. The Hall–Kier alpha value is -2.53. The highest BCUT2D eigenvalue weighted by Gasteiger charge is 2.34. The van der Waals surface area contributed by atoms with Gasteiger partial charge in [-0.25, -0.2) is 0 Å². The van der Waals surface area contributed by atoms with Gasteiger partial charge >= 0.3 is 0 Å². The van der Waals surface area contributed by atoms with E-state index in [1.807, 2.05) is 44.2 Å². The fraction of sp³-hybridized carbons (Fsp3) is 0.480. The van der Waals surface area contributed by atoms with Crippen molar-refractivity contribution in [2.24, 2.45) is 5.92 Å². The molecule has 5 nitrogen and oxygen atoms in total. The van der Waals surface area contributed by atoms with Gasteiger partial charge in [0.25, 0.3) is 0 Å². The normalized spacial score (nSPS) is 18.5. The molecule has 1 aliphatic carbocycles. The van der Waals surface area contributed by atoms with Crippen LogP contribution in [0.25, 0.3) is 11.1 Å². The van der Waals surface area contributed by atoms with Gasteiger partial charge in [-0.05, 0) is 51.8 Å². The summed E-state index contributed by atoms with van der Waals surface area (Å²) in [6.07, 6.45) is 3.38. The Kier molecular flexibility index (Phi) is 6.28. The highest BCUT2D eigenvalue weighted by molar-refractivity contribution is 6.23. The summed E-state index contributed by atoms with van der Waals surface area (Å²) in [6.45, 7) is 9.15. The number of carbonyl (C=O) groups excluding carboxylic acids is 1. The number of piperidine rings is 1. The van der Waals surface area contributed by atoms with Gasteiger partial charge in [-0.1, -0.05) is 19.1 Å². The summed E-state index contributed by atoms with van der Waals surface area (Å²) < 4.78 is 18.2. The number of hydrogen-bond donors (Lipinski definition) is 1. The first kappa shape index (κ1) is 20.7. The third kappa shape index (κ3) is 3.79. The van der Waals surface area contributed by atoms with E-state index in [1.54, 1.807) is 0 Å². The molecule has 0 saturated carbocycles. The van der Waals surface area contributed by atoms with E-state index in [1.165, 1.54) is 6.42 Å². The summed E-state index contributed by atoms with van der Waals surface area (Å²) in [6, 6.07) is 9.48. The van der Waals surface area contributed by atoms with Gasteiger partial charge in [0.2, 0.25) is 0 Å². The maximum Gasteiger partial charge on any atom is 0.194 e. The van der Waals surface area contributed by atoms with E-state index in [4.69, 9.17) is 14.2 Å². The van der Waals surface area contributed by atoms with Crippen molar-refractivity contribution >= 4 is 5.78 Å². The zero-order valence-corrected chi connectivity index (χ0v) is 18.1. The summed E-state index contributed by atoms with van der Waals surface area (Å²) in [5.74, 6) is 2.57. The van der Waals surface area contributed by atoms with Gasteiger partial charge in [0, 0.05) is 40.8 Å². The van der Waals surface area contributed by atoms with Crippen LogP contribution in [-0.2, 0) is 0 Å². The molecular weight excluding hydrogens is 378 g/mol. The summed E-state index contributed by atoms with van der Waals surface area (Å²) in [5, 5.41) is 3.49. The Labute approximate surface area is 178 Å². The summed E-state index contributed by atoms with van der Waals surface area (Å²) in [5.41, 5.74) is 2.98. The van der Waals surface area contributed by atoms with E-state index in [9.17, 15) is 4.79 Å². The lowest BCUT2D eigenvalue weighted by molar-refractivity contribution is 0.103. The Bertz CT molecular complexity index is 918. The van der Waals surface area contributed by atoms with E-state index in [0.717, 1.165) is 42.8 Å². The minimum Gasteiger partial charge on any atom is -0.494 e. The Morgan fingerprint density at radius 1 is 1.03 bits per heavy atom. The summed E-state index contributed by atoms with van der Waals surface area (Å²) in [7, 11) is 0. The van der Waals surface area contributed by atoms with Crippen LogP contribution in [0.15, 0.2) is 30.3 Å². The number of nitrogens with one attached hydrogen (secondary N) is 1. The van der Waals surface area contributed by atoms with Gasteiger partial charge in [-0.3, -0.25) is 4.79 Å². The lowest BCUT2D eigenvalue weighted by atomic mass is 9.92. The Morgan fingerprint density at radius 2 is 1.83 bits per heavy atom. The molecule has 1 N–H and O–H groups in total. The van der Waals surface area contributed by atoms with Crippen molar-refractivity contribution < 1.29 is 19.0 Å². The molecule has 1 saturated heterocycles. The van der Waals surface area contributed by atoms with Crippen molar-refractivity contribution in [3.05, 3.63) is 41.5 Å². The van der Waals surface area contributed by atoms with Crippen LogP contribution in [0.3, 0.4) is 0 Å². The van der Waals surface area contributed by atoms with Crippen molar-refractivity contribution in [3.8, 4) is 28.4 Å². The zero-order valence-electron chi connectivity index (χ0n) is 18.1. The molecule has 1 aliphatic heterocycles. The van der Waals surface area contributed by atoms with Crippen LogP contribution < -0.4 is 19.5 Å². The van der Waals surface area contributed by atoms with Gasteiger partial charge in [0.15, 0.2) is 5.78 Å². The minimum atomic E-state index is 0.000313. The fourth-order valence-corrected chi connectivity index (χ4v) is 4.64. The lowest BCUT2D eigenvalue weighted by Crippen LogP contribution is -2.39. The lowest BCUT2D eigenvalue weighted by Gasteiger charge is -2.31. The standard InChI is InChI=1S/C25H31NO4/c1-4-20(16-9-8-12-26-15-16)30-21-11-7-10-18-23(21)24-19(25(18)27)13-17(28-5-2)14-22(24)29-6-3/h7,10-11,13-14,16,20,26H,4-6,8-9,12,15H2,1-3H3. The number of benzene rings is 2. The highest BCUT2D eigenvalue weighted by Crippen LogP contribution is 2.49. The second-order valence-electron chi connectivity index (χ2n) is 7.89. The zero-order chi connectivity index (χ0) is 21.1. The minimum absolute atomic E-state index is 0.000313. The van der Waals surface area contributed by atoms with Gasteiger partial charge in [0.05, 0.1) is 13.2 Å². The molecule has 1 heterocycles. The smallest absolute Gasteiger partial charge is 0.194 e. The molecule has 2 aromatic carbocycles. The van der Waals surface area contributed by atoms with Gasteiger partial charge in [0.1, 0.15) is 23.4 Å². The van der Waals surface area contributed by atoms with Crippen LogP contribution >= 0.6 is 0 Å². The molecule has 2 aliphatic rings. The molecule has 1 fully saturated rings. The maximum atomic E-state index is 13.2. The average Bonchev–Trinajstić information content (AvgIpc) is 3.06. The van der Waals surface area contributed by atoms with Crippen molar-refractivity contribution in [1.82, 2.24) is 5.32 Å². The number of carbonyl (C=O) groups is 1. The summed E-state index contributed by atoms with van der Waals surface area (Å²) in [4.78, 5) is 13.2. The van der Waals surface area contributed by atoms with E-state index in [0.29, 0.717) is 41.8 Å². The molecule has 2 aromatic rings. The van der Waals surface area contributed by atoms with Crippen LogP contribution in [0.2, 0.25) is 0 Å². The van der Waals surface area contributed by atoms with Crippen molar-refractivity contribution in [2.45, 2.75) is 46.1 Å². The van der Waals surface area contributed by atoms with Crippen LogP contribution in [0.5, 0.6) is 17.2 Å². The number of ketones is 1. The third-order valence-electron chi connectivity index (χ3n) is 5.99. The molecule has 2 atom stereocenters. The van der Waals surface area contributed by atoms with Crippen LogP contribution in [0.1, 0.15) is 56.0 Å². The average molecular weight is 410 g/mol. The largest absolute Gasteiger partial charge is 0.494 e. The van der Waals surface area contributed by atoms with Crippen LogP contribution in [-0.4, -0.2) is 38.2 Å². The first-order chi connectivity index (χ1) is 14.7. The second-order valence-corrected chi connectivity index (χ2v) is 7.89. The molecule has 0 spiro atoms. The number of ether oxygens (including phenoxy) is 3. The number of fused-ring (bicyclic) bond motifs is 3. The molecule has 2 unspecified atom stereocenters.